The highest BCUT2D eigenvalue weighted by Crippen LogP contribution is 2.39. The minimum Gasteiger partial charge on any atom is -0.445 e. The van der Waals surface area contributed by atoms with Crippen LogP contribution in [0.5, 0.6) is 0 Å². The van der Waals surface area contributed by atoms with E-state index in [4.69, 9.17) is 4.42 Å². The molecule has 108 valence electrons. The predicted octanol–water partition coefficient (Wildman–Crippen LogP) is 3.76. The van der Waals surface area contributed by atoms with E-state index in [0.717, 1.165) is 49.4 Å². The van der Waals surface area contributed by atoms with Crippen molar-refractivity contribution in [3.8, 4) is 0 Å². The molecule has 0 spiro atoms. The average molecular weight is 264 g/mol. The second-order valence-electron chi connectivity index (χ2n) is 6.37. The van der Waals surface area contributed by atoms with Crippen LogP contribution in [0, 0.1) is 11.8 Å². The van der Waals surface area contributed by atoms with Crippen LogP contribution in [0.25, 0.3) is 0 Å². The summed E-state index contributed by atoms with van der Waals surface area (Å²) in [6.07, 6.45) is 7.95. The minimum absolute atomic E-state index is 0.611. The molecule has 1 aromatic rings. The zero-order valence-corrected chi connectivity index (χ0v) is 12.6. The van der Waals surface area contributed by atoms with Crippen LogP contribution in [0.1, 0.15) is 64.0 Å². The second kappa shape index (κ2) is 7.09. The molecule has 19 heavy (non-hydrogen) atoms. The van der Waals surface area contributed by atoms with Crippen molar-refractivity contribution in [3.05, 3.63) is 17.8 Å². The zero-order valence-electron chi connectivity index (χ0n) is 12.6. The number of aryl methyl sites for hydroxylation is 1. The lowest BCUT2D eigenvalue weighted by atomic mass is 9.96. The maximum absolute atomic E-state index is 5.93. The molecule has 0 radical (unpaired) electrons. The van der Waals surface area contributed by atoms with Crippen LogP contribution in [0.4, 0.5) is 0 Å². The summed E-state index contributed by atoms with van der Waals surface area (Å²) in [5, 5.41) is 3.45. The van der Waals surface area contributed by atoms with E-state index in [0.29, 0.717) is 5.92 Å². The number of nitrogens with zero attached hydrogens (tertiary/aromatic N) is 1. The molecule has 1 aromatic heterocycles. The van der Waals surface area contributed by atoms with Gasteiger partial charge in [-0.3, -0.25) is 0 Å². The van der Waals surface area contributed by atoms with E-state index in [1.165, 1.54) is 19.3 Å². The first-order valence-electron chi connectivity index (χ1n) is 7.82. The molecule has 2 unspecified atom stereocenters. The van der Waals surface area contributed by atoms with E-state index in [2.05, 4.69) is 31.1 Å². The topological polar surface area (TPSA) is 38.1 Å². The summed E-state index contributed by atoms with van der Waals surface area (Å²) in [5.41, 5.74) is 0. The Morgan fingerprint density at radius 1 is 1.42 bits per heavy atom. The van der Waals surface area contributed by atoms with Crippen molar-refractivity contribution in [2.75, 3.05) is 13.1 Å². The fourth-order valence-electron chi connectivity index (χ4n) is 2.93. The standard InChI is InChI=1S/C16H28N2O/c1-12(2)10-17-9-5-8-16-18-11-15(19-16)14-7-4-6-13(14)3/h11-14,17H,4-10H2,1-3H3. The minimum atomic E-state index is 0.611. The molecule has 1 saturated carbocycles. The molecule has 1 aliphatic carbocycles. The fraction of sp³-hybridized carbons (Fsp3) is 0.812. The van der Waals surface area contributed by atoms with E-state index in [1.54, 1.807) is 0 Å². The van der Waals surface area contributed by atoms with Gasteiger partial charge in [-0.25, -0.2) is 4.98 Å². The van der Waals surface area contributed by atoms with Gasteiger partial charge in [0.25, 0.3) is 0 Å². The van der Waals surface area contributed by atoms with Crippen molar-refractivity contribution in [2.45, 2.75) is 58.8 Å². The van der Waals surface area contributed by atoms with E-state index in [1.807, 2.05) is 6.20 Å². The third-order valence-electron chi connectivity index (χ3n) is 4.10. The Balaban J connectivity index is 1.72. The van der Waals surface area contributed by atoms with Gasteiger partial charge in [-0.2, -0.15) is 0 Å². The van der Waals surface area contributed by atoms with E-state index in [-0.39, 0.29) is 0 Å². The zero-order chi connectivity index (χ0) is 13.7. The summed E-state index contributed by atoms with van der Waals surface area (Å²) in [5.74, 6) is 4.13. The quantitative estimate of drug-likeness (QED) is 0.762. The first kappa shape index (κ1) is 14.6. The molecule has 0 saturated heterocycles. The van der Waals surface area contributed by atoms with Crippen molar-refractivity contribution in [3.63, 3.8) is 0 Å². The van der Waals surface area contributed by atoms with Gasteiger partial charge in [0, 0.05) is 12.3 Å². The van der Waals surface area contributed by atoms with Gasteiger partial charge < -0.3 is 9.73 Å². The Kier molecular flexibility index (Phi) is 5.44. The second-order valence-corrected chi connectivity index (χ2v) is 6.37. The largest absolute Gasteiger partial charge is 0.445 e. The Morgan fingerprint density at radius 2 is 2.26 bits per heavy atom. The van der Waals surface area contributed by atoms with Gasteiger partial charge in [-0.05, 0) is 44.2 Å². The van der Waals surface area contributed by atoms with Crippen molar-refractivity contribution in [2.24, 2.45) is 11.8 Å². The highest BCUT2D eigenvalue weighted by atomic mass is 16.4. The molecule has 0 amide bonds. The summed E-state index contributed by atoms with van der Waals surface area (Å²) in [6, 6.07) is 0. The first-order valence-corrected chi connectivity index (χ1v) is 7.82. The van der Waals surface area contributed by atoms with Gasteiger partial charge in [0.15, 0.2) is 5.89 Å². The van der Waals surface area contributed by atoms with Crippen LogP contribution in [0.2, 0.25) is 0 Å². The number of aromatic nitrogens is 1. The smallest absolute Gasteiger partial charge is 0.194 e. The number of rotatable bonds is 7. The van der Waals surface area contributed by atoms with Crippen LogP contribution in [-0.4, -0.2) is 18.1 Å². The van der Waals surface area contributed by atoms with E-state index >= 15 is 0 Å². The molecule has 0 aliphatic heterocycles. The van der Waals surface area contributed by atoms with Crippen LogP contribution in [-0.2, 0) is 6.42 Å². The Labute approximate surface area is 117 Å². The van der Waals surface area contributed by atoms with Gasteiger partial charge in [-0.1, -0.05) is 27.2 Å². The van der Waals surface area contributed by atoms with Crippen LogP contribution >= 0.6 is 0 Å². The lowest BCUT2D eigenvalue weighted by Crippen LogP contribution is -2.21. The predicted molar refractivity (Wildman–Crippen MR) is 78.3 cm³/mol. The Bertz CT molecular complexity index is 373. The molecule has 3 nitrogen and oxygen atoms in total. The van der Waals surface area contributed by atoms with Crippen molar-refractivity contribution in [1.29, 1.82) is 0 Å². The number of oxazole rings is 1. The summed E-state index contributed by atoms with van der Waals surface area (Å²) >= 11 is 0. The molecule has 3 heteroatoms. The molecule has 0 bridgehead atoms. The Morgan fingerprint density at radius 3 is 2.95 bits per heavy atom. The molecule has 1 N–H and O–H groups in total. The molecular weight excluding hydrogens is 236 g/mol. The lowest BCUT2D eigenvalue weighted by Gasteiger charge is -2.10. The van der Waals surface area contributed by atoms with Gasteiger partial charge in [-0.15, -0.1) is 0 Å². The third-order valence-corrected chi connectivity index (χ3v) is 4.10. The van der Waals surface area contributed by atoms with Gasteiger partial charge >= 0.3 is 0 Å². The van der Waals surface area contributed by atoms with Crippen LogP contribution in [0.15, 0.2) is 10.6 Å². The number of hydrogen-bond acceptors (Lipinski definition) is 3. The molecular formula is C16H28N2O. The first-order chi connectivity index (χ1) is 9.16. The molecule has 1 fully saturated rings. The molecule has 2 rings (SSSR count). The Hall–Kier alpha value is -0.830. The van der Waals surface area contributed by atoms with Crippen molar-refractivity contribution < 1.29 is 4.42 Å². The van der Waals surface area contributed by atoms with Gasteiger partial charge in [0.1, 0.15) is 5.76 Å². The summed E-state index contributed by atoms with van der Waals surface area (Å²) in [4.78, 5) is 4.43. The molecule has 2 atom stereocenters. The maximum atomic E-state index is 5.93. The van der Waals surface area contributed by atoms with Crippen molar-refractivity contribution >= 4 is 0 Å². The van der Waals surface area contributed by atoms with Gasteiger partial charge in [0.2, 0.25) is 0 Å². The van der Waals surface area contributed by atoms with Crippen LogP contribution < -0.4 is 5.32 Å². The lowest BCUT2D eigenvalue weighted by molar-refractivity contribution is 0.386. The molecule has 1 aliphatic rings. The monoisotopic (exact) mass is 264 g/mol. The third kappa shape index (κ3) is 4.34. The fourth-order valence-corrected chi connectivity index (χ4v) is 2.93. The van der Waals surface area contributed by atoms with Gasteiger partial charge in [0.05, 0.1) is 6.20 Å². The highest BCUT2D eigenvalue weighted by molar-refractivity contribution is 5.05. The summed E-state index contributed by atoms with van der Waals surface area (Å²) in [6.45, 7) is 8.94. The van der Waals surface area contributed by atoms with E-state index < -0.39 is 0 Å². The maximum Gasteiger partial charge on any atom is 0.194 e. The van der Waals surface area contributed by atoms with E-state index in [9.17, 15) is 0 Å². The molecule has 0 aromatic carbocycles. The number of nitrogens with one attached hydrogen (secondary N) is 1. The summed E-state index contributed by atoms with van der Waals surface area (Å²) in [7, 11) is 0. The number of hydrogen-bond donors (Lipinski definition) is 1. The average Bonchev–Trinajstić information content (AvgIpc) is 2.97. The SMILES string of the molecule is CC(C)CNCCCc1ncc(C2CCCC2C)o1. The normalized spacial score (nSPS) is 23.4. The molecule has 1 heterocycles. The van der Waals surface area contributed by atoms with Crippen LogP contribution in [0.3, 0.4) is 0 Å². The highest BCUT2D eigenvalue weighted by Gasteiger charge is 2.27. The summed E-state index contributed by atoms with van der Waals surface area (Å²) < 4.78 is 5.93. The van der Waals surface area contributed by atoms with Crippen molar-refractivity contribution in [1.82, 2.24) is 10.3 Å².